The Labute approximate surface area is 139 Å². The number of aromatic amines is 2. The van der Waals surface area contributed by atoms with Crippen molar-refractivity contribution in [2.45, 2.75) is 25.3 Å². The number of allylic oxidation sites excluding steroid dienone is 2. The van der Waals surface area contributed by atoms with E-state index in [4.69, 9.17) is 4.99 Å². The predicted molar refractivity (Wildman–Crippen MR) is 98.5 cm³/mol. The number of aromatic nitrogens is 2. The molecule has 8 bridgehead atoms. The van der Waals surface area contributed by atoms with Crippen molar-refractivity contribution in [1.82, 2.24) is 9.97 Å². The Hall–Kier alpha value is -2.88. The van der Waals surface area contributed by atoms with Crippen molar-refractivity contribution in [3.63, 3.8) is 0 Å². The van der Waals surface area contributed by atoms with Crippen molar-refractivity contribution in [3.05, 3.63) is 64.2 Å². The number of H-pyrrole nitrogens is 2. The maximum atomic E-state index is 4.88. The maximum Gasteiger partial charge on any atom is 0.0658 e. The topological polar surface area (TPSA) is 56.3 Å². The van der Waals surface area contributed by atoms with Crippen LogP contribution < -0.4 is 10.7 Å². The summed E-state index contributed by atoms with van der Waals surface area (Å²) >= 11 is 0. The van der Waals surface area contributed by atoms with Crippen molar-refractivity contribution < 1.29 is 0 Å². The molecule has 0 amide bonds. The molecule has 2 N–H and O–H groups in total. The summed E-state index contributed by atoms with van der Waals surface area (Å²) in [5, 5.41) is 2.17. The molecule has 0 saturated carbocycles. The number of fused-ring (bicyclic) bond motifs is 6. The van der Waals surface area contributed by atoms with E-state index in [2.05, 4.69) is 57.5 Å². The molecule has 1 unspecified atom stereocenters. The Bertz CT molecular complexity index is 1040. The highest BCUT2D eigenvalue weighted by Crippen LogP contribution is 2.20. The average molecular weight is 314 g/mol. The third kappa shape index (κ3) is 2.60. The van der Waals surface area contributed by atoms with Gasteiger partial charge in [-0.25, -0.2) is 4.99 Å². The van der Waals surface area contributed by atoms with Gasteiger partial charge in [-0.1, -0.05) is 0 Å². The van der Waals surface area contributed by atoms with Gasteiger partial charge in [-0.2, -0.15) is 0 Å². The molecule has 24 heavy (non-hydrogen) atoms. The van der Waals surface area contributed by atoms with Crippen molar-refractivity contribution in [2.75, 3.05) is 0 Å². The third-order valence-corrected chi connectivity index (χ3v) is 4.65. The van der Waals surface area contributed by atoms with Gasteiger partial charge in [0.05, 0.1) is 17.5 Å². The van der Waals surface area contributed by atoms with E-state index in [9.17, 15) is 0 Å². The van der Waals surface area contributed by atoms with Gasteiger partial charge < -0.3 is 9.97 Å². The molecular formula is C20H18N4. The highest BCUT2D eigenvalue weighted by molar-refractivity contribution is 6.19. The zero-order chi connectivity index (χ0) is 15.9. The first-order chi connectivity index (χ1) is 11.8. The fraction of sp³-hybridized carbons (Fsp3) is 0.200. The van der Waals surface area contributed by atoms with E-state index in [-0.39, 0.29) is 0 Å². The maximum absolute atomic E-state index is 4.88. The Balaban J connectivity index is 1.65. The summed E-state index contributed by atoms with van der Waals surface area (Å²) in [6.45, 7) is 0. The number of hydrogen-bond donors (Lipinski definition) is 2. The summed E-state index contributed by atoms with van der Waals surface area (Å²) in [6.07, 6.45) is 13.6. The molecular weight excluding hydrogens is 296 g/mol. The molecule has 2 aromatic rings. The summed E-state index contributed by atoms with van der Waals surface area (Å²) in [6, 6.07) is 8.85. The quantitative estimate of drug-likeness (QED) is 0.748. The Kier molecular flexibility index (Phi) is 3.01. The van der Waals surface area contributed by atoms with E-state index in [1.807, 2.05) is 12.2 Å². The SMILES string of the molecule is C1=C/C2=C/c3ccc([nH]3)CC3CCC(=N3)/C=c3/cc/c([nH]3)=C/C1=N2. The van der Waals surface area contributed by atoms with Gasteiger partial charge in [-0.05, 0) is 67.5 Å². The average Bonchev–Trinajstić information content (AvgIpc) is 3.32. The fourth-order valence-electron chi connectivity index (χ4n) is 3.50. The molecule has 0 fully saturated rings. The Morgan fingerprint density at radius 1 is 0.917 bits per heavy atom. The minimum absolute atomic E-state index is 0.375. The first-order valence-corrected chi connectivity index (χ1v) is 8.42. The first-order valence-electron chi connectivity index (χ1n) is 8.42. The van der Waals surface area contributed by atoms with Gasteiger partial charge in [0.2, 0.25) is 0 Å². The number of aliphatic imine (C=N–C) groups is 2. The van der Waals surface area contributed by atoms with E-state index >= 15 is 0 Å². The van der Waals surface area contributed by atoms with Crippen molar-refractivity contribution >= 4 is 29.7 Å². The number of hydrogen-bond acceptors (Lipinski definition) is 2. The van der Waals surface area contributed by atoms with Crippen molar-refractivity contribution in [2.24, 2.45) is 9.98 Å². The van der Waals surface area contributed by atoms with Crippen LogP contribution in [0.5, 0.6) is 0 Å². The molecule has 4 heteroatoms. The second-order valence-corrected chi connectivity index (χ2v) is 6.55. The minimum Gasteiger partial charge on any atom is -0.359 e. The van der Waals surface area contributed by atoms with Crippen LogP contribution in [0.15, 0.2) is 52.1 Å². The van der Waals surface area contributed by atoms with Crippen LogP contribution >= 0.6 is 0 Å². The van der Waals surface area contributed by atoms with Crippen LogP contribution in [-0.2, 0) is 6.42 Å². The van der Waals surface area contributed by atoms with Gasteiger partial charge in [-0.15, -0.1) is 0 Å². The van der Waals surface area contributed by atoms with Gasteiger partial charge >= 0.3 is 0 Å². The molecule has 118 valence electrons. The van der Waals surface area contributed by atoms with E-state index in [0.29, 0.717) is 6.04 Å². The lowest BCUT2D eigenvalue weighted by Crippen LogP contribution is -2.12. The molecule has 3 aliphatic heterocycles. The molecule has 0 radical (unpaired) electrons. The second kappa shape index (κ2) is 5.34. The van der Waals surface area contributed by atoms with Crippen LogP contribution in [0.2, 0.25) is 0 Å². The van der Waals surface area contributed by atoms with Crippen molar-refractivity contribution in [1.29, 1.82) is 0 Å². The molecule has 0 aliphatic carbocycles. The first kappa shape index (κ1) is 13.5. The summed E-state index contributed by atoms with van der Waals surface area (Å²) < 4.78 is 0. The second-order valence-electron chi connectivity index (χ2n) is 6.55. The molecule has 0 spiro atoms. The monoisotopic (exact) mass is 314 g/mol. The van der Waals surface area contributed by atoms with Crippen LogP contribution in [0.3, 0.4) is 0 Å². The van der Waals surface area contributed by atoms with E-state index < -0.39 is 0 Å². The van der Waals surface area contributed by atoms with Gasteiger partial charge in [0, 0.05) is 34.2 Å². The Morgan fingerprint density at radius 3 is 2.79 bits per heavy atom. The number of rotatable bonds is 0. The van der Waals surface area contributed by atoms with E-state index in [1.165, 1.54) is 11.4 Å². The number of nitrogens with zero attached hydrogens (tertiary/aromatic N) is 2. The predicted octanol–water partition coefficient (Wildman–Crippen LogP) is 2.12. The van der Waals surface area contributed by atoms with E-state index in [1.54, 1.807) is 0 Å². The highest BCUT2D eigenvalue weighted by atomic mass is 14.8. The molecule has 4 nitrogen and oxygen atoms in total. The lowest BCUT2D eigenvalue weighted by Gasteiger charge is -2.03. The summed E-state index contributed by atoms with van der Waals surface area (Å²) in [4.78, 5) is 16.5. The van der Waals surface area contributed by atoms with Crippen LogP contribution in [0.1, 0.15) is 24.2 Å². The lowest BCUT2D eigenvalue weighted by molar-refractivity contribution is 0.659. The molecule has 2 aromatic heterocycles. The highest BCUT2D eigenvalue weighted by Gasteiger charge is 2.17. The minimum atomic E-state index is 0.375. The van der Waals surface area contributed by atoms with Gasteiger partial charge in [0.25, 0.3) is 0 Å². The van der Waals surface area contributed by atoms with E-state index in [0.717, 1.165) is 47.1 Å². The fourth-order valence-corrected chi connectivity index (χ4v) is 3.50. The zero-order valence-corrected chi connectivity index (χ0v) is 13.3. The Morgan fingerprint density at radius 2 is 1.83 bits per heavy atom. The zero-order valence-electron chi connectivity index (χ0n) is 13.3. The van der Waals surface area contributed by atoms with Gasteiger partial charge in [0.15, 0.2) is 0 Å². The van der Waals surface area contributed by atoms with Crippen LogP contribution in [-0.4, -0.2) is 27.4 Å². The molecule has 0 aromatic carbocycles. The summed E-state index contributed by atoms with van der Waals surface area (Å²) in [5.41, 5.74) is 5.46. The van der Waals surface area contributed by atoms with Crippen LogP contribution in [0, 0.1) is 0 Å². The standard InChI is InChI=1S/C20H18N4/c1-2-14-10-16-5-6-18(23-16)12-20-8-7-19(24-20)11-17-4-3-15(22-17)9-13(1)21-14/h1-6,9-11,20,22-23H,7-8,12H2/b14-10-,15-9-,17-11-. The van der Waals surface area contributed by atoms with Crippen LogP contribution in [0.25, 0.3) is 18.2 Å². The van der Waals surface area contributed by atoms with Crippen molar-refractivity contribution in [3.8, 4) is 0 Å². The molecule has 3 aliphatic rings. The van der Waals surface area contributed by atoms with Gasteiger partial charge in [-0.3, -0.25) is 4.99 Å². The molecule has 1 atom stereocenters. The smallest absolute Gasteiger partial charge is 0.0658 e. The molecule has 0 saturated heterocycles. The van der Waals surface area contributed by atoms with Gasteiger partial charge in [0.1, 0.15) is 0 Å². The van der Waals surface area contributed by atoms with Crippen LogP contribution in [0.4, 0.5) is 0 Å². The largest absolute Gasteiger partial charge is 0.359 e. The number of nitrogens with one attached hydrogen (secondary N) is 2. The summed E-state index contributed by atoms with van der Waals surface area (Å²) in [5.74, 6) is 0. The molecule has 5 rings (SSSR count). The third-order valence-electron chi connectivity index (χ3n) is 4.65. The lowest BCUT2D eigenvalue weighted by atomic mass is 10.1. The summed E-state index contributed by atoms with van der Waals surface area (Å²) in [7, 11) is 0. The molecule has 5 heterocycles. The normalized spacial score (nSPS) is 26.7.